The van der Waals surface area contributed by atoms with Gasteiger partial charge in [0.1, 0.15) is 0 Å². The summed E-state index contributed by atoms with van der Waals surface area (Å²) in [7, 11) is 0. The summed E-state index contributed by atoms with van der Waals surface area (Å²) in [5.41, 5.74) is 0. The average molecular weight is 210 g/mol. The monoisotopic (exact) mass is 210 g/mol. The van der Waals surface area contributed by atoms with Crippen LogP contribution < -0.4 is 0 Å². The third-order valence-corrected chi connectivity index (χ3v) is 3.94. The van der Waals surface area contributed by atoms with Gasteiger partial charge in [0, 0.05) is 0 Å². The number of esters is 2. The lowest BCUT2D eigenvalue weighted by molar-refractivity contribution is -0.153. The summed E-state index contributed by atoms with van der Waals surface area (Å²) in [6, 6.07) is 0. The van der Waals surface area contributed by atoms with E-state index in [1.807, 2.05) is 0 Å². The number of ether oxygens (including phenoxy) is 1. The van der Waals surface area contributed by atoms with E-state index in [2.05, 4.69) is 11.7 Å². The quantitative estimate of drug-likeness (QED) is 0.519. The molecule has 0 spiro atoms. The topological polar surface area (TPSA) is 43.4 Å². The van der Waals surface area contributed by atoms with Gasteiger partial charge in [-0.3, -0.25) is 9.59 Å². The van der Waals surface area contributed by atoms with Gasteiger partial charge in [-0.1, -0.05) is 26.2 Å². The van der Waals surface area contributed by atoms with Crippen LogP contribution in [0.1, 0.15) is 45.4 Å². The van der Waals surface area contributed by atoms with Gasteiger partial charge in [0.05, 0.1) is 12.3 Å². The van der Waals surface area contributed by atoms with E-state index in [4.69, 9.17) is 0 Å². The Balaban J connectivity index is 1.90. The zero-order chi connectivity index (χ0) is 10.8. The van der Waals surface area contributed by atoms with Gasteiger partial charge in [0.2, 0.25) is 0 Å². The summed E-state index contributed by atoms with van der Waals surface area (Å²) in [6.07, 6.45) is 6.15. The maximum Gasteiger partial charge on any atom is 0.317 e. The highest BCUT2D eigenvalue weighted by molar-refractivity contribution is 5.94. The van der Waals surface area contributed by atoms with Crippen molar-refractivity contribution in [1.29, 1.82) is 0 Å². The third kappa shape index (κ3) is 2.21. The molecule has 0 aromatic carbocycles. The highest BCUT2D eigenvalue weighted by Crippen LogP contribution is 2.38. The van der Waals surface area contributed by atoms with Crippen molar-refractivity contribution in [2.45, 2.75) is 45.4 Å². The van der Waals surface area contributed by atoms with Crippen LogP contribution in [0, 0.1) is 17.8 Å². The fourth-order valence-corrected chi connectivity index (χ4v) is 2.85. The Bertz CT molecular complexity index is 264. The summed E-state index contributed by atoms with van der Waals surface area (Å²) in [6.45, 7) is 2.22. The molecule has 0 bridgehead atoms. The van der Waals surface area contributed by atoms with Crippen LogP contribution in [0.15, 0.2) is 0 Å². The van der Waals surface area contributed by atoms with Gasteiger partial charge in [0.25, 0.3) is 0 Å². The predicted octanol–water partition coefficient (Wildman–Crippen LogP) is 2.29. The van der Waals surface area contributed by atoms with Crippen LogP contribution in [0.25, 0.3) is 0 Å². The van der Waals surface area contributed by atoms with Crippen LogP contribution in [0.4, 0.5) is 0 Å². The van der Waals surface area contributed by atoms with Crippen molar-refractivity contribution in [3.05, 3.63) is 0 Å². The van der Waals surface area contributed by atoms with Crippen molar-refractivity contribution in [1.82, 2.24) is 0 Å². The minimum absolute atomic E-state index is 0.129. The first-order chi connectivity index (χ1) is 7.20. The number of rotatable bonds is 2. The fraction of sp³-hybridized carbons (Fsp3) is 0.833. The second kappa shape index (κ2) is 4.33. The van der Waals surface area contributed by atoms with Crippen molar-refractivity contribution in [2.75, 3.05) is 0 Å². The van der Waals surface area contributed by atoms with Crippen molar-refractivity contribution < 1.29 is 14.3 Å². The molecular formula is C12H18O3. The van der Waals surface area contributed by atoms with E-state index in [1.165, 1.54) is 19.3 Å². The van der Waals surface area contributed by atoms with Crippen molar-refractivity contribution in [2.24, 2.45) is 17.8 Å². The zero-order valence-corrected chi connectivity index (χ0v) is 9.20. The van der Waals surface area contributed by atoms with E-state index in [0.717, 1.165) is 18.8 Å². The maximum atomic E-state index is 11.4. The number of hydrogen-bond acceptors (Lipinski definition) is 3. The molecule has 2 fully saturated rings. The van der Waals surface area contributed by atoms with Crippen LogP contribution in [-0.2, 0) is 14.3 Å². The summed E-state index contributed by atoms with van der Waals surface area (Å²) in [5.74, 6) is 0.485. The molecule has 1 heterocycles. The lowest BCUT2D eigenvalue weighted by atomic mass is 9.74. The van der Waals surface area contributed by atoms with Gasteiger partial charge < -0.3 is 4.74 Å². The Labute approximate surface area is 90.2 Å². The second-order valence-electron chi connectivity index (χ2n) is 4.79. The average Bonchev–Trinajstić information content (AvgIpc) is 2.58. The standard InChI is InChI=1S/C12H18O3/c1-2-8-3-5-9(6-4-8)10-7-11(13)15-12(10)14/h8-10H,2-7H2,1H3. The van der Waals surface area contributed by atoms with E-state index in [1.54, 1.807) is 0 Å². The van der Waals surface area contributed by atoms with Crippen LogP contribution in [0.2, 0.25) is 0 Å². The normalized spacial score (nSPS) is 36.7. The molecule has 1 aliphatic carbocycles. The Morgan fingerprint density at radius 3 is 2.33 bits per heavy atom. The molecule has 0 radical (unpaired) electrons. The van der Waals surface area contributed by atoms with E-state index < -0.39 is 0 Å². The van der Waals surface area contributed by atoms with Crippen LogP contribution in [-0.4, -0.2) is 11.9 Å². The molecule has 3 heteroatoms. The number of hydrogen-bond donors (Lipinski definition) is 0. The molecule has 1 aliphatic heterocycles. The van der Waals surface area contributed by atoms with E-state index in [9.17, 15) is 9.59 Å². The summed E-state index contributed by atoms with van der Waals surface area (Å²) in [4.78, 5) is 22.4. The predicted molar refractivity (Wildman–Crippen MR) is 54.9 cm³/mol. The molecule has 2 aliphatic rings. The van der Waals surface area contributed by atoms with E-state index in [-0.39, 0.29) is 17.9 Å². The highest BCUT2D eigenvalue weighted by atomic mass is 16.6. The first-order valence-electron chi connectivity index (χ1n) is 5.95. The molecular weight excluding hydrogens is 192 g/mol. The van der Waals surface area contributed by atoms with E-state index in [0.29, 0.717) is 12.3 Å². The summed E-state index contributed by atoms with van der Waals surface area (Å²) < 4.78 is 4.60. The molecule has 0 amide bonds. The lowest BCUT2D eigenvalue weighted by Crippen LogP contribution is -2.24. The summed E-state index contributed by atoms with van der Waals surface area (Å²) >= 11 is 0. The number of carbonyl (C=O) groups is 2. The van der Waals surface area contributed by atoms with Crippen LogP contribution in [0.5, 0.6) is 0 Å². The molecule has 1 saturated heterocycles. The molecule has 0 N–H and O–H groups in total. The van der Waals surface area contributed by atoms with Gasteiger partial charge in [0.15, 0.2) is 0 Å². The van der Waals surface area contributed by atoms with Crippen LogP contribution in [0.3, 0.4) is 0 Å². The Kier molecular flexibility index (Phi) is 3.08. The molecule has 2 rings (SSSR count). The van der Waals surface area contributed by atoms with Gasteiger partial charge in [-0.2, -0.15) is 0 Å². The lowest BCUT2D eigenvalue weighted by Gasteiger charge is -2.29. The molecule has 84 valence electrons. The Hall–Kier alpha value is -0.860. The summed E-state index contributed by atoms with van der Waals surface area (Å²) in [5, 5.41) is 0. The minimum Gasteiger partial charge on any atom is -0.393 e. The Morgan fingerprint density at radius 2 is 1.87 bits per heavy atom. The first kappa shape index (κ1) is 10.7. The first-order valence-corrected chi connectivity index (χ1v) is 5.95. The zero-order valence-electron chi connectivity index (χ0n) is 9.20. The van der Waals surface area contributed by atoms with Gasteiger partial charge in [-0.15, -0.1) is 0 Å². The second-order valence-corrected chi connectivity index (χ2v) is 4.79. The van der Waals surface area contributed by atoms with Crippen molar-refractivity contribution in [3.63, 3.8) is 0 Å². The maximum absolute atomic E-state index is 11.4. The Morgan fingerprint density at radius 1 is 1.20 bits per heavy atom. The third-order valence-electron chi connectivity index (χ3n) is 3.94. The number of cyclic esters (lactones) is 2. The highest BCUT2D eigenvalue weighted by Gasteiger charge is 2.40. The van der Waals surface area contributed by atoms with Gasteiger partial charge >= 0.3 is 11.9 Å². The number of carbonyl (C=O) groups excluding carboxylic acids is 2. The molecule has 1 saturated carbocycles. The minimum atomic E-state index is -0.331. The van der Waals surface area contributed by atoms with Crippen molar-refractivity contribution in [3.8, 4) is 0 Å². The SMILES string of the molecule is CCC1CCC(C2CC(=O)OC2=O)CC1. The molecule has 1 atom stereocenters. The fourth-order valence-electron chi connectivity index (χ4n) is 2.85. The van der Waals surface area contributed by atoms with Gasteiger partial charge in [-0.05, 0) is 24.7 Å². The van der Waals surface area contributed by atoms with Crippen molar-refractivity contribution >= 4 is 11.9 Å². The van der Waals surface area contributed by atoms with Gasteiger partial charge in [-0.25, -0.2) is 0 Å². The van der Waals surface area contributed by atoms with Crippen LogP contribution >= 0.6 is 0 Å². The molecule has 1 unspecified atom stereocenters. The molecule has 0 aromatic rings. The smallest absolute Gasteiger partial charge is 0.317 e. The molecule has 3 nitrogen and oxygen atoms in total. The molecule has 0 aromatic heterocycles. The molecule has 15 heavy (non-hydrogen) atoms. The largest absolute Gasteiger partial charge is 0.393 e. The van der Waals surface area contributed by atoms with E-state index >= 15 is 0 Å².